The van der Waals surface area contributed by atoms with Gasteiger partial charge in [0.25, 0.3) is 0 Å². The van der Waals surface area contributed by atoms with Gasteiger partial charge >= 0.3 is 0 Å². The van der Waals surface area contributed by atoms with E-state index in [-0.39, 0.29) is 0 Å². The van der Waals surface area contributed by atoms with Crippen LogP contribution in [-0.4, -0.2) is 15.3 Å². The summed E-state index contributed by atoms with van der Waals surface area (Å²) >= 11 is 0. The van der Waals surface area contributed by atoms with E-state index in [1.165, 1.54) is 32.4 Å². The molecule has 0 N–H and O–H groups in total. The summed E-state index contributed by atoms with van der Waals surface area (Å²) in [6, 6.07) is 25.9. The van der Waals surface area contributed by atoms with Gasteiger partial charge in [-0.25, -0.2) is 4.99 Å². The van der Waals surface area contributed by atoms with Crippen molar-refractivity contribution in [3.63, 3.8) is 0 Å². The van der Waals surface area contributed by atoms with E-state index in [1.54, 1.807) is 6.21 Å². The number of allylic oxidation sites excluding steroid dienone is 2. The smallest absolute Gasteiger partial charge is 0.130 e. The van der Waals surface area contributed by atoms with Crippen molar-refractivity contribution in [2.75, 3.05) is 0 Å². The molecule has 0 spiro atoms. The molecular weight excluding hydrogens is 378 g/mol. The zero-order chi connectivity index (χ0) is 20.9. The van der Waals surface area contributed by atoms with Gasteiger partial charge in [-0.1, -0.05) is 55.1 Å². The van der Waals surface area contributed by atoms with Gasteiger partial charge in [-0.3, -0.25) is 4.57 Å². The van der Waals surface area contributed by atoms with E-state index in [0.29, 0.717) is 5.82 Å². The molecule has 0 saturated heterocycles. The minimum Gasteiger partial charge on any atom is -0.316 e. The maximum absolute atomic E-state index is 4.60. The number of hydrogen-bond acceptors (Lipinski definition) is 1. The van der Waals surface area contributed by atoms with Gasteiger partial charge in [-0.2, -0.15) is 0 Å². The molecule has 2 heterocycles. The normalized spacial score (nSPS) is 12.5. The second kappa shape index (κ2) is 6.71. The van der Waals surface area contributed by atoms with Crippen LogP contribution in [0, 0.1) is 0 Å². The molecule has 2 aromatic heterocycles. The first-order chi connectivity index (χ1) is 15.3. The Labute approximate surface area is 180 Å². The topological polar surface area (TPSA) is 22.2 Å². The maximum Gasteiger partial charge on any atom is 0.130 e. The molecule has 0 aliphatic heterocycles. The Morgan fingerprint density at radius 3 is 2.58 bits per heavy atom. The zero-order valence-corrected chi connectivity index (χ0v) is 17.3. The molecule has 6 rings (SSSR count). The van der Waals surface area contributed by atoms with Crippen molar-refractivity contribution in [1.82, 2.24) is 9.13 Å². The van der Waals surface area contributed by atoms with Gasteiger partial charge in [0.1, 0.15) is 5.82 Å². The summed E-state index contributed by atoms with van der Waals surface area (Å²) in [7, 11) is 0. The third-order valence-electron chi connectivity index (χ3n) is 6.02. The number of nitrogens with zero attached hydrogens (tertiary/aromatic N) is 3. The largest absolute Gasteiger partial charge is 0.316 e. The first-order valence-electron chi connectivity index (χ1n) is 10.5. The summed E-state index contributed by atoms with van der Waals surface area (Å²) < 4.78 is 4.47. The van der Waals surface area contributed by atoms with Crippen LogP contribution >= 0.6 is 0 Å². The van der Waals surface area contributed by atoms with E-state index >= 15 is 0 Å². The second-order valence-corrected chi connectivity index (χ2v) is 7.77. The van der Waals surface area contributed by atoms with Gasteiger partial charge in [-0.05, 0) is 48.7 Å². The minimum atomic E-state index is 0.713. The molecule has 6 aromatic rings. The fourth-order valence-electron chi connectivity index (χ4n) is 4.74. The summed E-state index contributed by atoms with van der Waals surface area (Å²) in [6.45, 7) is 6.27. The van der Waals surface area contributed by atoms with E-state index in [0.717, 1.165) is 16.7 Å². The van der Waals surface area contributed by atoms with Crippen molar-refractivity contribution in [3.8, 4) is 5.69 Å². The first-order valence-corrected chi connectivity index (χ1v) is 10.5. The number of hydrogen-bond donors (Lipinski definition) is 0. The highest BCUT2D eigenvalue weighted by Crippen LogP contribution is 2.42. The third-order valence-corrected chi connectivity index (χ3v) is 6.02. The van der Waals surface area contributed by atoms with E-state index in [9.17, 15) is 0 Å². The lowest BCUT2D eigenvalue weighted by atomic mass is 10.0. The molecule has 0 fully saturated rings. The van der Waals surface area contributed by atoms with Crippen LogP contribution in [0.2, 0.25) is 0 Å². The molecule has 0 aliphatic carbocycles. The lowest BCUT2D eigenvalue weighted by molar-refractivity contribution is 1.13. The Morgan fingerprint density at radius 1 is 0.871 bits per heavy atom. The van der Waals surface area contributed by atoms with Crippen molar-refractivity contribution >= 4 is 55.5 Å². The molecule has 0 saturated carbocycles. The fraction of sp³-hybridized carbons (Fsp3) is 0.0357. The SMILES string of the molecule is C=C(/N=C\C=C/C)n1c2cccc3ccc4c(c32)c1cc1ccn(-c2ccccc2)c14. The maximum atomic E-state index is 4.60. The summed E-state index contributed by atoms with van der Waals surface area (Å²) in [5.41, 5.74) is 4.67. The molecule has 0 aliphatic rings. The molecule has 4 aromatic carbocycles. The monoisotopic (exact) mass is 399 g/mol. The molecule has 0 atom stereocenters. The lowest BCUT2D eigenvalue weighted by Gasteiger charge is -2.10. The Hall–Kier alpha value is -4.11. The number of benzene rings is 4. The van der Waals surface area contributed by atoms with Gasteiger partial charge < -0.3 is 4.57 Å². The quantitative estimate of drug-likeness (QED) is 0.218. The van der Waals surface area contributed by atoms with Gasteiger partial charge in [-0.15, -0.1) is 0 Å². The molecule has 3 nitrogen and oxygen atoms in total. The molecule has 0 amide bonds. The van der Waals surface area contributed by atoms with Crippen LogP contribution in [0.15, 0.2) is 103 Å². The molecule has 148 valence electrons. The highest BCUT2D eigenvalue weighted by atomic mass is 15.1. The van der Waals surface area contributed by atoms with E-state index in [1.807, 2.05) is 19.1 Å². The molecule has 0 unspecified atom stereocenters. The summed E-state index contributed by atoms with van der Waals surface area (Å²) in [6.07, 6.45) is 7.85. The van der Waals surface area contributed by atoms with E-state index in [4.69, 9.17) is 0 Å². The summed E-state index contributed by atoms with van der Waals surface area (Å²) in [5.74, 6) is 0.713. The Kier molecular flexibility index (Phi) is 3.84. The Balaban J connectivity index is 1.76. The standard InChI is InChI=1S/C28H21N3/c1-3-4-16-29-19(2)31-24-12-8-9-20-13-14-23-27(26(20)24)25(31)18-21-15-17-30(28(21)23)22-10-6-5-7-11-22/h3-18H,2H2,1H3/b4-3-,29-16-. The molecule has 0 radical (unpaired) electrons. The van der Waals surface area contributed by atoms with Crippen LogP contribution in [0.3, 0.4) is 0 Å². The Morgan fingerprint density at radius 2 is 1.74 bits per heavy atom. The minimum absolute atomic E-state index is 0.713. The number of aromatic nitrogens is 2. The van der Waals surface area contributed by atoms with Crippen LogP contribution in [0.4, 0.5) is 0 Å². The highest BCUT2D eigenvalue weighted by molar-refractivity contribution is 6.29. The van der Waals surface area contributed by atoms with Gasteiger partial charge in [0.05, 0.1) is 16.6 Å². The summed E-state index contributed by atoms with van der Waals surface area (Å²) in [5, 5.41) is 6.21. The van der Waals surface area contributed by atoms with Gasteiger partial charge in [0.2, 0.25) is 0 Å². The van der Waals surface area contributed by atoms with Crippen LogP contribution in [0.25, 0.3) is 55.0 Å². The number of para-hydroxylation sites is 1. The van der Waals surface area contributed by atoms with Crippen molar-refractivity contribution in [2.45, 2.75) is 6.92 Å². The first kappa shape index (κ1) is 17.7. The molecule has 0 bridgehead atoms. The highest BCUT2D eigenvalue weighted by Gasteiger charge is 2.20. The van der Waals surface area contributed by atoms with Crippen molar-refractivity contribution in [3.05, 3.63) is 97.7 Å². The number of aliphatic imine (C=N–C) groups is 1. The van der Waals surface area contributed by atoms with E-state index in [2.05, 4.69) is 99.7 Å². The van der Waals surface area contributed by atoms with Gasteiger partial charge in [0, 0.05) is 39.6 Å². The van der Waals surface area contributed by atoms with E-state index < -0.39 is 0 Å². The third kappa shape index (κ3) is 2.50. The molecule has 3 heteroatoms. The van der Waals surface area contributed by atoms with Crippen LogP contribution in [0.1, 0.15) is 6.92 Å². The molecule has 31 heavy (non-hydrogen) atoms. The van der Waals surface area contributed by atoms with Crippen molar-refractivity contribution < 1.29 is 0 Å². The van der Waals surface area contributed by atoms with Crippen LogP contribution in [-0.2, 0) is 0 Å². The van der Waals surface area contributed by atoms with Crippen molar-refractivity contribution in [1.29, 1.82) is 0 Å². The van der Waals surface area contributed by atoms with Gasteiger partial charge in [0.15, 0.2) is 0 Å². The predicted molar refractivity (Wildman–Crippen MR) is 134 cm³/mol. The van der Waals surface area contributed by atoms with Crippen LogP contribution < -0.4 is 0 Å². The summed E-state index contributed by atoms with van der Waals surface area (Å²) in [4.78, 5) is 4.60. The lowest BCUT2D eigenvalue weighted by Crippen LogP contribution is -1.94. The Bertz CT molecular complexity index is 1640. The average molecular weight is 399 g/mol. The molecular formula is C28H21N3. The van der Waals surface area contributed by atoms with Crippen LogP contribution in [0.5, 0.6) is 0 Å². The second-order valence-electron chi connectivity index (χ2n) is 7.77. The fourth-order valence-corrected chi connectivity index (χ4v) is 4.74. The number of fused-ring (bicyclic) bond motifs is 2. The predicted octanol–water partition coefficient (Wildman–Crippen LogP) is 7.40. The number of rotatable bonds is 4. The zero-order valence-electron chi connectivity index (χ0n) is 17.3. The average Bonchev–Trinajstić information content (AvgIpc) is 3.38. The van der Waals surface area contributed by atoms with Crippen molar-refractivity contribution in [2.24, 2.45) is 4.99 Å².